The third-order valence-corrected chi connectivity index (χ3v) is 2.38. The van der Waals surface area contributed by atoms with Gasteiger partial charge >= 0.3 is 0 Å². The quantitative estimate of drug-likeness (QED) is 0.822. The van der Waals surface area contributed by atoms with E-state index in [9.17, 15) is 4.79 Å². The number of amides is 1. The predicted octanol–water partition coefficient (Wildman–Crippen LogP) is 0.991. The molecule has 0 saturated carbocycles. The molecule has 0 saturated heterocycles. The van der Waals surface area contributed by atoms with Crippen molar-refractivity contribution in [1.29, 1.82) is 0 Å². The number of nitrogens with two attached hydrogens (primary N) is 1. The van der Waals surface area contributed by atoms with Crippen LogP contribution in [0.2, 0.25) is 0 Å². The number of hydrogen-bond donors (Lipinski definition) is 2. The van der Waals surface area contributed by atoms with Crippen molar-refractivity contribution in [3.63, 3.8) is 0 Å². The van der Waals surface area contributed by atoms with Crippen molar-refractivity contribution in [2.24, 2.45) is 5.73 Å². The lowest BCUT2D eigenvalue weighted by Crippen LogP contribution is -2.33. The molecule has 3 N–H and O–H groups in total. The van der Waals surface area contributed by atoms with Crippen molar-refractivity contribution in [1.82, 2.24) is 10.5 Å². The fraction of sp³-hybridized carbons (Fsp3) is 0.167. The van der Waals surface area contributed by atoms with Gasteiger partial charge in [0.15, 0.2) is 0 Å². The lowest BCUT2D eigenvalue weighted by atomic mass is 10.1. The summed E-state index contributed by atoms with van der Waals surface area (Å²) in [5, 5.41) is 6.39. The van der Waals surface area contributed by atoms with Gasteiger partial charge < -0.3 is 15.6 Å². The van der Waals surface area contributed by atoms with Crippen LogP contribution in [0.4, 0.5) is 0 Å². The van der Waals surface area contributed by atoms with Gasteiger partial charge in [-0.05, 0) is 5.56 Å². The molecular formula is C12H13N3O2. The Morgan fingerprint density at radius 1 is 1.35 bits per heavy atom. The van der Waals surface area contributed by atoms with Crippen LogP contribution in [0.1, 0.15) is 17.3 Å². The fourth-order valence-corrected chi connectivity index (χ4v) is 1.43. The first-order chi connectivity index (χ1) is 8.27. The van der Waals surface area contributed by atoms with Crippen LogP contribution < -0.4 is 11.1 Å². The second-order valence-electron chi connectivity index (χ2n) is 3.60. The number of nitrogens with zero attached hydrogens (tertiary/aromatic N) is 1. The van der Waals surface area contributed by atoms with E-state index in [1.165, 1.54) is 6.26 Å². The van der Waals surface area contributed by atoms with Gasteiger partial charge in [-0.1, -0.05) is 35.5 Å². The molecule has 1 aromatic heterocycles. The zero-order valence-electron chi connectivity index (χ0n) is 9.17. The Hall–Kier alpha value is -2.14. The molecule has 0 bridgehead atoms. The number of benzene rings is 1. The average Bonchev–Trinajstić information content (AvgIpc) is 2.89. The third kappa shape index (κ3) is 2.92. The van der Waals surface area contributed by atoms with Gasteiger partial charge in [-0.2, -0.15) is 0 Å². The Labute approximate surface area is 98.6 Å². The van der Waals surface area contributed by atoms with E-state index in [1.54, 1.807) is 6.07 Å². The van der Waals surface area contributed by atoms with Crippen LogP contribution in [0, 0.1) is 0 Å². The van der Waals surface area contributed by atoms with E-state index >= 15 is 0 Å². The second-order valence-corrected chi connectivity index (χ2v) is 3.60. The molecular weight excluding hydrogens is 218 g/mol. The number of rotatable bonds is 4. The van der Waals surface area contributed by atoms with Crippen molar-refractivity contribution in [2.75, 3.05) is 0 Å². The monoisotopic (exact) mass is 231 g/mol. The first-order valence-corrected chi connectivity index (χ1v) is 5.25. The summed E-state index contributed by atoms with van der Waals surface area (Å²) >= 11 is 0. The normalized spacial score (nSPS) is 12.1. The smallest absolute Gasteiger partial charge is 0.241 e. The zero-order valence-corrected chi connectivity index (χ0v) is 9.17. The minimum atomic E-state index is -0.664. The lowest BCUT2D eigenvalue weighted by Gasteiger charge is -2.11. The molecule has 1 amide bonds. The van der Waals surface area contributed by atoms with Gasteiger partial charge in [0, 0.05) is 6.07 Å². The Morgan fingerprint density at radius 3 is 2.76 bits per heavy atom. The highest BCUT2D eigenvalue weighted by Crippen LogP contribution is 2.09. The molecule has 2 aromatic rings. The maximum absolute atomic E-state index is 11.7. The highest BCUT2D eigenvalue weighted by atomic mass is 16.5. The SMILES string of the molecule is N[C@@H](C(=O)NCc1ccon1)c1ccccc1. The summed E-state index contributed by atoms with van der Waals surface area (Å²) in [6.07, 6.45) is 1.46. The molecule has 5 heteroatoms. The molecule has 0 spiro atoms. The van der Waals surface area contributed by atoms with E-state index in [4.69, 9.17) is 5.73 Å². The minimum absolute atomic E-state index is 0.237. The van der Waals surface area contributed by atoms with Crippen molar-refractivity contribution in [3.05, 3.63) is 53.9 Å². The van der Waals surface area contributed by atoms with Crippen LogP contribution in [-0.4, -0.2) is 11.1 Å². The van der Waals surface area contributed by atoms with Gasteiger partial charge in [-0.3, -0.25) is 4.79 Å². The summed E-state index contributed by atoms with van der Waals surface area (Å²) in [7, 11) is 0. The van der Waals surface area contributed by atoms with Gasteiger partial charge in [0.05, 0.1) is 6.54 Å². The molecule has 0 aliphatic heterocycles. The number of nitrogens with one attached hydrogen (secondary N) is 1. The Bertz CT molecular complexity index is 468. The highest BCUT2D eigenvalue weighted by Gasteiger charge is 2.14. The fourth-order valence-electron chi connectivity index (χ4n) is 1.43. The summed E-state index contributed by atoms with van der Waals surface area (Å²) in [4.78, 5) is 11.7. The number of carbonyl (C=O) groups is 1. The predicted molar refractivity (Wildman–Crippen MR) is 61.7 cm³/mol. The van der Waals surface area contributed by atoms with Gasteiger partial charge in [-0.25, -0.2) is 0 Å². The Balaban J connectivity index is 1.92. The molecule has 2 rings (SSSR count). The summed E-state index contributed by atoms with van der Waals surface area (Å²) in [5.74, 6) is -0.237. The van der Waals surface area contributed by atoms with E-state index in [-0.39, 0.29) is 5.91 Å². The molecule has 17 heavy (non-hydrogen) atoms. The molecule has 0 fully saturated rings. The minimum Gasteiger partial charge on any atom is -0.364 e. The molecule has 1 aromatic carbocycles. The van der Waals surface area contributed by atoms with Crippen LogP contribution in [0.5, 0.6) is 0 Å². The average molecular weight is 231 g/mol. The molecule has 88 valence electrons. The van der Waals surface area contributed by atoms with E-state index in [0.717, 1.165) is 5.56 Å². The van der Waals surface area contributed by atoms with Gasteiger partial charge in [-0.15, -0.1) is 0 Å². The molecule has 1 heterocycles. The van der Waals surface area contributed by atoms with E-state index in [1.807, 2.05) is 30.3 Å². The van der Waals surface area contributed by atoms with Crippen molar-refractivity contribution >= 4 is 5.91 Å². The highest BCUT2D eigenvalue weighted by molar-refractivity contribution is 5.82. The van der Waals surface area contributed by atoms with Crippen LogP contribution in [0.15, 0.2) is 47.2 Å². The topological polar surface area (TPSA) is 81.2 Å². The second kappa shape index (κ2) is 5.27. The van der Waals surface area contributed by atoms with Gasteiger partial charge in [0.25, 0.3) is 0 Å². The van der Waals surface area contributed by atoms with Gasteiger partial charge in [0.1, 0.15) is 18.0 Å². The maximum atomic E-state index is 11.7. The Morgan fingerprint density at radius 2 is 2.12 bits per heavy atom. The largest absolute Gasteiger partial charge is 0.364 e. The molecule has 1 atom stereocenters. The standard InChI is InChI=1S/C12H13N3O2/c13-11(9-4-2-1-3-5-9)12(16)14-8-10-6-7-17-15-10/h1-7,11H,8,13H2,(H,14,16)/t11-/m1/s1. The van der Waals surface area contributed by atoms with E-state index < -0.39 is 6.04 Å². The molecule has 5 nitrogen and oxygen atoms in total. The number of carbonyl (C=O) groups excluding carboxylic acids is 1. The summed E-state index contributed by atoms with van der Waals surface area (Å²) in [6, 6.07) is 10.2. The molecule has 0 aliphatic carbocycles. The number of aromatic nitrogens is 1. The van der Waals surface area contributed by atoms with Crippen molar-refractivity contribution in [2.45, 2.75) is 12.6 Å². The molecule has 0 radical (unpaired) electrons. The van der Waals surface area contributed by atoms with Gasteiger partial charge in [0.2, 0.25) is 5.91 Å². The van der Waals surface area contributed by atoms with E-state index in [2.05, 4.69) is 15.0 Å². The number of hydrogen-bond acceptors (Lipinski definition) is 4. The summed E-state index contributed by atoms with van der Waals surface area (Å²) < 4.78 is 4.66. The van der Waals surface area contributed by atoms with E-state index in [0.29, 0.717) is 12.2 Å². The van der Waals surface area contributed by atoms with Crippen molar-refractivity contribution in [3.8, 4) is 0 Å². The van der Waals surface area contributed by atoms with Crippen LogP contribution >= 0.6 is 0 Å². The van der Waals surface area contributed by atoms with Crippen LogP contribution in [0.25, 0.3) is 0 Å². The lowest BCUT2D eigenvalue weighted by molar-refractivity contribution is -0.122. The van der Waals surface area contributed by atoms with Crippen molar-refractivity contribution < 1.29 is 9.32 Å². The molecule has 0 unspecified atom stereocenters. The first kappa shape index (κ1) is 11.3. The van der Waals surface area contributed by atoms with Crippen LogP contribution in [0.3, 0.4) is 0 Å². The summed E-state index contributed by atoms with van der Waals surface area (Å²) in [6.45, 7) is 0.315. The third-order valence-electron chi connectivity index (χ3n) is 2.38. The summed E-state index contributed by atoms with van der Waals surface area (Å²) in [5.41, 5.74) is 7.27. The Kier molecular flexibility index (Phi) is 3.52. The zero-order chi connectivity index (χ0) is 12.1. The van der Waals surface area contributed by atoms with Crippen LogP contribution in [-0.2, 0) is 11.3 Å². The molecule has 0 aliphatic rings. The maximum Gasteiger partial charge on any atom is 0.241 e. The first-order valence-electron chi connectivity index (χ1n) is 5.25.